The lowest BCUT2D eigenvalue weighted by Gasteiger charge is -2.15. The van der Waals surface area contributed by atoms with Crippen LogP contribution >= 0.6 is 23.2 Å². The van der Waals surface area contributed by atoms with E-state index in [-0.39, 0.29) is 15.3 Å². The van der Waals surface area contributed by atoms with Crippen molar-refractivity contribution in [3.63, 3.8) is 0 Å². The first kappa shape index (κ1) is 21.0. The molecule has 0 spiro atoms. The lowest BCUT2D eigenvalue weighted by molar-refractivity contribution is -0.153. The first-order valence-corrected chi connectivity index (χ1v) is 7.38. The number of nitrogens with zero attached hydrogens (tertiary/aromatic N) is 2. The van der Waals surface area contributed by atoms with Crippen LogP contribution in [-0.4, -0.2) is 22.0 Å². The van der Waals surface area contributed by atoms with E-state index < -0.39 is 57.4 Å². The van der Waals surface area contributed by atoms with Gasteiger partial charge in [0.15, 0.2) is 18.1 Å². The van der Waals surface area contributed by atoms with E-state index in [4.69, 9.17) is 29.0 Å². The number of nitrogens with two attached hydrogens (primary N) is 1. The zero-order valence-corrected chi connectivity index (χ0v) is 14.2. The van der Waals surface area contributed by atoms with Gasteiger partial charge < -0.3 is 10.6 Å². The predicted molar refractivity (Wildman–Crippen MR) is 83.0 cm³/mol. The van der Waals surface area contributed by atoms with E-state index >= 15 is 0 Å². The standard InChI is InChI=1S/C13H7Cl2F6N3O3/c14-6-1-5(2-7(15)10(6)27-4-12(16,17)18)23-9(25)3-8(13(19,20)21)24(22)11(23)26/h1-3H,4,22H2. The van der Waals surface area contributed by atoms with E-state index in [1.54, 1.807) is 0 Å². The van der Waals surface area contributed by atoms with Crippen LogP contribution in [0.2, 0.25) is 10.0 Å². The highest BCUT2D eigenvalue weighted by atomic mass is 35.5. The Bertz CT molecular complexity index is 974. The Morgan fingerprint density at radius 3 is 1.96 bits per heavy atom. The summed E-state index contributed by atoms with van der Waals surface area (Å²) in [5, 5.41) is -1.03. The molecule has 0 radical (unpaired) electrons. The van der Waals surface area contributed by atoms with Crippen LogP contribution < -0.4 is 21.8 Å². The minimum absolute atomic E-state index is 0.0667. The van der Waals surface area contributed by atoms with Gasteiger partial charge in [-0.15, -0.1) is 0 Å². The van der Waals surface area contributed by atoms with Crippen molar-refractivity contribution in [1.82, 2.24) is 9.24 Å². The van der Waals surface area contributed by atoms with Gasteiger partial charge in [0.1, 0.15) is 0 Å². The van der Waals surface area contributed by atoms with Gasteiger partial charge in [0.2, 0.25) is 0 Å². The van der Waals surface area contributed by atoms with E-state index in [1.807, 2.05) is 0 Å². The second kappa shape index (κ2) is 7.00. The molecular formula is C13H7Cl2F6N3O3. The summed E-state index contributed by atoms with van der Waals surface area (Å²) in [6, 6.07) is 1.70. The molecule has 0 amide bonds. The molecule has 0 saturated carbocycles. The normalized spacial score (nSPS) is 12.3. The zero-order chi connectivity index (χ0) is 20.7. The molecule has 0 aliphatic carbocycles. The molecule has 0 saturated heterocycles. The van der Waals surface area contributed by atoms with E-state index in [0.717, 1.165) is 12.1 Å². The zero-order valence-electron chi connectivity index (χ0n) is 12.7. The number of nitrogen functional groups attached to an aromatic ring is 1. The third-order valence-electron chi connectivity index (χ3n) is 3.05. The quantitative estimate of drug-likeness (QED) is 0.591. The van der Waals surface area contributed by atoms with Gasteiger partial charge in [-0.2, -0.15) is 26.3 Å². The Hall–Kier alpha value is -2.34. The number of aromatic nitrogens is 2. The molecule has 1 aromatic heterocycles. The summed E-state index contributed by atoms with van der Waals surface area (Å²) in [4.78, 5) is 24.0. The maximum Gasteiger partial charge on any atom is 0.433 e. The summed E-state index contributed by atoms with van der Waals surface area (Å²) in [6.07, 6.45) is -9.76. The SMILES string of the molecule is Nn1c(C(F)(F)F)cc(=O)n(-c2cc(Cl)c(OCC(F)(F)F)c(Cl)c2)c1=O. The second-order valence-electron chi connectivity index (χ2n) is 5.00. The molecule has 0 aliphatic heterocycles. The number of hydrogen-bond acceptors (Lipinski definition) is 4. The molecule has 2 rings (SSSR count). The molecule has 1 heterocycles. The average molecular weight is 438 g/mol. The summed E-state index contributed by atoms with van der Waals surface area (Å²) < 4.78 is 79.3. The first-order valence-electron chi connectivity index (χ1n) is 6.62. The predicted octanol–water partition coefficient (Wildman–Crippen LogP) is 2.98. The number of ether oxygens (including phenoxy) is 1. The number of halogens is 8. The Balaban J connectivity index is 2.59. The fraction of sp³-hybridized carbons (Fsp3) is 0.231. The largest absolute Gasteiger partial charge is 0.481 e. The topological polar surface area (TPSA) is 79.2 Å². The van der Waals surface area contributed by atoms with E-state index in [2.05, 4.69) is 4.74 Å². The van der Waals surface area contributed by atoms with Crippen LogP contribution in [0.1, 0.15) is 5.69 Å². The van der Waals surface area contributed by atoms with Crippen molar-refractivity contribution < 1.29 is 31.1 Å². The molecular weight excluding hydrogens is 431 g/mol. The molecule has 14 heteroatoms. The van der Waals surface area contributed by atoms with E-state index in [9.17, 15) is 35.9 Å². The summed E-state index contributed by atoms with van der Waals surface area (Å²) in [6.45, 7) is -1.72. The van der Waals surface area contributed by atoms with Crippen LogP contribution in [0.5, 0.6) is 5.75 Å². The monoisotopic (exact) mass is 437 g/mol. The van der Waals surface area contributed by atoms with Gasteiger partial charge in [0, 0.05) is 6.07 Å². The van der Waals surface area contributed by atoms with Crippen molar-refractivity contribution >= 4 is 23.2 Å². The fourth-order valence-electron chi connectivity index (χ4n) is 1.98. The van der Waals surface area contributed by atoms with Gasteiger partial charge in [-0.05, 0) is 12.1 Å². The fourth-order valence-corrected chi connectivity index (χ4v) is 2.56. The maximum absolute atomic E-state index is 12.8. The van der Waals surface area contributed by atoms with Crippen LogP contribution in [0.4, 0.5) is 26.3 Å². The molecule has 148 valence electrons. The Morgan fingerprint density at radius 2 is 1.52 bits per heavy atom. The summed E-state index contributed by atoms with van der Waals surface area (Å²) >= 11 is 11.5. The Morgan fingerprint density at radius 1 is 1.00 bits per heavy atom. The number of alkyl halides is 6. The summed E-state index contributed by atoms with van der Waals surface area (Å²) in [5.41, 5.74) is -5.11. The minimum Gasteiger partial charge on any atom is -0.481 e. The van der Waals surface area contributed by atoms with Crippen LogP contribution in [0.3, 0.4) is 0 Å². The maximum atomic E-state index is 12.8. The van der Waals surface area contributed by atoms with Gasteiger partial charge in [0.25, 0.3) is 5.56 Å². The summed E-state index contributed by atoms with van der Waals surface area (Å²) in [7, 11) is 0. The van der Waals surface area contributed by atoms with Crippen LogP contribution in [0.25, 0.3) is 5.69 Å². The van der Waals surface area contributed by atoms with Crippen molar-refractivity contribution in [3.8, 4) is 11.4 Å². The van der Waals surface area contributed by atoms with E-state index in [1.165, 1.54) is 0 Å². The third-order valence-corrected chi connectivity index (χ3v) is 3.61. The number of rotatable bonds is 3. The van der Waals surface area contributed by atoms with Gasteiger partial charge in [0.05, 0.1) is 15.7 Å². The molecule has 2 N–H and O–H groups in total. The molecule has 27 heavy (non-hydrogen) atoms. The van der Waals surface area contributed by atoms with Crippen molar-refractivity contribution in [1.29, 1.82) is 0 Å². The van der Waals surface area contributed by atoms with Crippen molar-refractivity contribution in [2.24, 2.45) is 0 Å². The lowest BCUT2D eigenvalue weighted by atomic mass is 10.3. The summed E-state index contributed by atoms with van der Waals surface area (Å²) in [5.74, 6) is 4.50. The highest BCUT2D eigenvalue weighted by Gasteiger charge is 2.36. The van der Waals surface area contributed by atoms with Gasteiger partial charge in [-0.1, -0.05) is 23.2 Å². The van der Waals surface area contributed by atoms with Crippen molar-refractivity contribution in [2.45, 2.75) is 12.4 Å². The molecule has 0 bridgehead atoms. The van der Waals surface area contributed by atoms with Crippen LogP contribution in [0, 0.1) is 0 Å². The molecule has 1 aromatic carbocycles. The number of hydrogen-bond donors (Lipinski definition) is 1. The first-order chi connectivity index (χ1) is 12.2. The smallest absolute Gasteiger partial charge is 0.433 e. The average Bonchev–Trinajstić information content (AvgIpc) is 2.48. The Labute approximate surface area is 155 Å². The second-order valence-corrected chi connectivity index (χ2v) is 5.81. The Kier molecular flexibility index (Phi) is 5.44. The highest BCUT2D eigenvalue weighted by Crippen LogP contribution is 2.36. The van der Waals surface area contributed by atoms with E-state index in [0.29, 0.717) is 0 Å². The van der Waals surface area contributed by atoms with Gasteiger partial charge in [-0.3, -0.25) is 4.79 Å². The van der Waals surface area contributed by atoms with Crippen LogP contribution in [0.15, 0.2) is 27.8 Å². The highest BCUT2D eigenvalue weighted by molar-refractivity contribution is 6.37. The molecule has 6 nitrogen and oxygen atoms in total. The lowest BCUT2D eigenvalue weighted by Crippen LogP contribution is -2.45. The molecule has 0 fully saturated rings. The molecule has 0 unspecified atom stereocenters. The van der Waals surface area contributed by atoms with Gasteiger partial charge >= 0.3 is 18.0 Å². The molecule has 0 aliphatic rings. The van der Waals surface area contributed by atoms with Crippen molar-refractivity contribution in [3.05, 3.63) is 54.8 Å². The molecule has 0 atom stereocenters. The minimum atomic E-state index is -5.07. The molecule has 2 aromatic rings. The number of benzene rings is 1. The van der Waals surface area contributed by atoms with Crippen molar-refractivity contribution in [2.75, 3.05) is 12.4 Å². The van der Waals surface area contributed by atoms with Crippen LogP contribution in [-0.2, 0) is 6.18 Å². The van der Waals surface area contributed by atoms with Gasteiger partial charge in [-0.25, -0.2) is 14.0 Å². The third kappa shape index (κ3) is 4.50.